The van der Waals surface area contributed by atoms with Gasteiger partial charge >= 0.3 is 0 Å². The summed E-state index contributed by atoms with van der Waals surface area (Å²) in [5, 5.41) is 11.6. The molecule has 0 saturated heterocycles. The molecule has 0 aliphatic carbocycles. The Kier molecular flexibility index (Phi) is 5.23. The quantitative estimate of drug-likeness (QED) is 0.664. The maximum absolute atomic E-state index is 11.9. The smallest absolute Gasteiger partial charge is 0.220 e. The van der Waals surface area contributed by atoms with E-state index in [4.69, 9.17) is 4.74 Å². The SMILES string of the molecule is Cc1ccc2cccc(OCCNC(=O)CCc3nncn3C)c2n1. The highest BCUT2D eigenvalue weighted by Crippen LogP contribution is 2.23. The van der Waals surface area contributed by atoms with Crippen LogP contribution in [0.25, 0.3) is 10.9 Å². The first-order valence-corrected chi connectivity index (χ1v) is 8.22. The van der Waals surface area contributed by atoms with Gasteiger partial charge in [-0.3, -0.25) is 4.79 Å². The minimum atomic E-state index is -0.0292. The highest BCUT2D eigenvalue weighted by atomic mass is 16.5. The van der Waals surface area contributed by atoms with E-state index in [1.165, 1.54) is 0 Å². The maximum Gasteiger partial charge on any atom is 0.220 e. The lowest BCUT2D eigenvalue weighted by Crippen LogP contribution is -2.28. The van der Waals surface area contributed by atoms with Crippen molar-refractivity contribution in [2.75, 3.05) is 13.2 Å². The van der Waals surface area contributed by atoms with Crippen molar-refractivity contribution in [2.24, 2.45) is 7.05 Å². The van der Waals surface area contributed by atoms with Gasteiger partial charge in [-0.1, -0.05) is 18.2 Å². The molecule has 0 aliphatic heterocycles. The normalized spacial score (nSPS) is 10.8. The minimum absolute atomic E-state index is 0.0292. The number of carbonyl (C=O) groups excluding carboxylic acids is 1. The molecule has 25 heavy (non-hydrogen) atoms. The molecule has 1 amide bonds. The highest BCUT2D eigenvalue weighted by molar-refractivity contribution is 5.84. The van der Waals surface area contributed by atoms with Crippen LogP contribution in [0.2, 0.25) is 0 Å². The number of pyridine rings is 1. The Labute approximate surface area is 146 Å². The highest BCUT2D eigenvalue weighted by Gasteiger charge is 2.07. The van der Waals surface area contributed by atoms with Crippen molar-refractivity contribution in [3.05, 3.63) is 48.2 Å². The van der Waals surface area contributed by atoms with Gasteiger partial charge in [0.25, 0.3) is 0 Å². The molecule has 2 heterocycles. The number of rotatable bonds is 7. The molecule has 0 unspecified atom stereocenters. The molecule has 2 aromatic heterocycles. The van der Waals surface area contributed by atoms with Crippen molar-refractivity contribution >= 4 is 16.8 Å². The van der Waals surface area contributed by atoms with Crippen molar-refractivity contribution < 1.29 is 9.53 Å². The van der Waals surface area contributed by atoms with Gasteiger partial charge in [0.15, 0.2) is 0 Å². The first kappa shape index (κ1) is 16.9. The van der Waals surface area contributed by atoms with Crippen LogP contribution in [-0.4, -0.2) is 38.8 Å². The zero-order chi connectivity index (χ0) is 17.6. The first-order chi connectivity index (χ1) is 12.1. The topological polar surface area (TPSA) is 81.9 Å². The van der Waals surface area contributed by atoms with Gasteiger partial charge in [0, 0.05) is 31.0 Å². The fourth-order valence-electron chi connectivity index (χ4n) is 2.53. The molecule has 7 nitrogen and oxygen atoms in total. The van der Waals surface area contributed by atoms with Crippen LogP contribution in [0.5, 0.6) is 5.75 Å². The predicted octanol–water partition coefficient (Wildman–Crippen LogP) is 1.80. The average Bonchev–Trinajstić information content (AvgIpc) is 3.02. The van der Waals surface area contributed by atoms with Crippen molar-refractivity contribution in [3.63, 3.8) is 0 Å². The van der Waals surface area contributed by atoms with Crippen LogP contribution in [0.4, 0.5) is 0 Å². The fraction of sp³-hybridized carbons (Fsp3) is 0.333. The van der Waals surface area contributed by atoms with Crippen LogP contribution >= 0.6 is 0 Å². The van der Waals surface area contributed by atoms with Crippen LogP contribution in [0.3, 0.4) is 0 Å². The Bertz CT molecular complexity index is 875. The summed E-state index contributed by atoms with van der Waals surface area (Å²) in [6.07, 6.45) is 2.57. The summed E-state index contributed by atoms with van der Waals surface area (Å²) in [7, 11) is 1.86. The van der Waals surface area contributed by atoms with Crippen LogP contribution in [0.1, 0.15) is 17.9 Å². The van der Waals surface area contributed by atoms with Crippen molar-refractivity contribution in [1.29, 1.82) is 0 Å². The molecule has 0 saturated carbocycles. The number of nitrogens with one attached hydrogen (secondary N) is 1. The molecule has 0 atom stereocenters. The Morgan fingerprint density at radius 3 is 2.96 bits per heavy atom. The third-order valence-corrected chi connectivity index (χ3v) is 3.89. The maximum atomic E-state index is 11.9. The summed E-state index contributed by atoms with van der Waals surface area (Å²) in [6, 6.07) is 9.84. The third-order valence-electron chi connectivity index (χ3n) is 3.89. The van der Waals surface area contributed by atoms with E-state index in [0.717, 1.165) is 28.2 Å². The Morgan fingerprint density at radius 1 is 1.28 bits per heavy atom. The van der Waals surface area contributed by atoms with E-state index in [2.05, 4.69) is 20.5 Å². The van der Waals surface area contributed by atoms with Gasteiger partial charge in [-0.15, -0.1) is 10.2 Å². The van der Waals surface area contributed by atoms with Crippen LogP contribution in [0.15, 0.2) is 36.7 Å². The third kappa shape index (κ3) is 4.32. The van der Waals surface area contributed by atoms with Crippen molar-refractivity contribution in [1.82, 2.24) is 25.1 Å². The summed E-state index contributed by atoms with van der Waals surface area (Å²) in [6.45, 7) is 2.79. The number of hydrogen-bond acceptors (Lipinski definition) is 5. The van der Waals surface area contributed by atoms with Gasteiger partial charge in [0.05, 0.1) is 6.54 Å². The molecule has 3 aromatic rings. The van der Waals surface area contributed by atoms with Gasteiger partial charge in [-0.25, -0.2) is 4.98 Å². The standard InChI is InChI=1S/C18H21N5O2/c1-13-6-7-14-4-3-5-15(18(14)21-13)25-11-10-19-17(24)9-8-16-22-20-12-23(16)2/h3-7,12H,8-11H2,1-2H3,(H,19,24). The molecule has 1 aromatic carbocycles. The number of nitrogens with zero attached hydrogens (tertiary/aromatic N) is 4. The molecule has 1 N–H and O–H groups in total. The number of aromatic nitrogens is 4. The van der Waals surface area contributed by atoms with Crippen LogP contribution in [0, 0.1) is 6.92 Å². The molecule has 3 rings (SSSR count). The number of fused-ring (bicyclic) bond motifs is 1. The molecule has 0 aliphatic rings. The van der Waals surface area contributed by atoms with E-state index < -0.39 is 0 Å². The average molecular weight is 339 g/mol. The Morgan fingerprint density at radius 2 is 2.16 bits per heavy atom. The largest absolute Gasteiger partial charge is 0.489 e. The zero-order valence-corrected chi connectivity index (χ0v) is 14.4. The second kappa shape index (κ2) is 7.74. The Hall–Kier alpha value is -2.96. The van der Waals surface area contributed by atoms with E-state index in [9.17, 15) is 4.79 Å². The fourth-order valence-corrected chi connectivity index (χ4v) is 2.53. The monoisotopic (exact) mass is 339 g/mol. The van der Waals surface area contributed by atoms with Crippen LogP contribution in [-0.2, 0) is 18.3 Å². The zero-order valence-electron chi connectivity index (χ0n) is 14.4. The van der Waals surface area contributed by atoms with E-state index in [1.807, 2.05) is 48.9 Å². The number of aryl methyl sites for hydroxylation is 3. The number of para-hydroxylation sites is 1. The number of ether oxygens (including phenoxy) is 1. The molecule has 0 radical (unpaired) electrons. The lowest BCUT2D eigenvalue weighted by molar-refractivity contribution is -0.121. The van der Waals surface area contributed by atoms with E-state index in [0.29, 0.717) is 26.0 Å². The lowest BCUT2D eigenvalue weighted by Gasteiger charge is -2.10. The van der Waals surface area contributed by atoms with E-state index >= 15 is 0 Å². The van der Waals surface area contributed by atoms with Gasteiger partial charge < -0.3 is 14.6 Å². The predicted molar refractivity (Wildman–Crippen MR) is 94.3 cm³/mol. The minimum Gasteiger partial charge on any atom is -0.489 e. The van der Waals surface area contributed by atoms with E-state index in [1.54, 1.807) is 6.33 Å². The summed E-state index contributed by atoms with van der Waals surface area (Å²) in [5.41, 5.74) is 1.79. The number of hydrogen-bond donors (Lipinski definition) is 1. The molecule has 0 bridgehead atoms. The molecule has 0 spiro atoms. The van der Waals surface area contributed by atoms with Gasteiger partial charge in [-0.2, -0.15) is 0 Å². The number of amides is 1. The summed E-state index contributed by atoms with van der Waals surface area (Å²) in [5.74, 6) is 1.50. The second-order valence-corrected chi connectivity index (χ2v) is 5.84. The second-order valence-electron chi connectivity index (χ2n) is 5.84. The summed E-state index contributed by atoms with van der Waals surface area (Å²) >= 11 is 0. The van der Waals surface area contributed by atoms with Crippen molar-refractivity contribution in [3.8, 4) is 5.75 Å². The van der Waals surface area contributed by atoms with Crippen LogP contribution < -0.4 is 10.1 Å². The first-order valence-electron chi connectivity index (χ1n) is 8.22. The van der Waals surface area contributed by atoms with Gasteiger partial charge in [-0.05, 0) is 19.1 Å². The summed E-state index contributed by atoms with van der Waals surface area (Å²) in [4.78, 5) is 16.4. The van der Waals surface area contributed by atoms with Crippen molar-refractivity contribution in [2.45, 2.75) is 19.8 Å². The molecular formula is C18H21N5O2. The van der Waals surface area contributed by atoms with Gasteiger partial charge in [0.2, 0.25) is 5.91 Å². The molecule has 7 heteroatoms. The molecule has 130 valence electrons. The number of carbonyl (C=O) groups is 1. The molecule has 0 fully saturated rings. The number of benzene rings is 1. The lowest BCUT2D eigenvalue weighted by atomic mass is 10.2. The van der Waals surface area contributed by atoms with E-state index in [-0.39, 0.29) is 5.91 Å². The Balaban J connectivity index is 1.46. The molecular weight excluding hydrogens is 318 g/mol. The van der Waals surface area contributed by atoms with Gasteiger partial charge in [0.1, 0.15) is 30.0 Å². The summed E-state index contributed by atoms with van der Waals surface area (Å²) < 4.78 is 7.60.